The third-order valence-electron chi connectivity index (χ3n) is 7.19. The second-order valence-electron chi connectivity index (χ2n) is 9.84. The molecule has 3 heterocycles. The van der Waals surface area contributed by atoms with Gasteiger partial charge in [-0.2, -0.15) is 4.57 Å². The van der Waals surface area contributed by atoms with Gasteiger partial charge in [0.1, 0.15) is 6.10 Å². The van der Waals surface area contributed by atoms with Gasteiger partial charge in [-0.05, 0) is 43.4 Å². The molecule has 9 heteroatoms. The molecule has 0 saturated carbocycles. The molecule has 0 unspecified atom stereocenters. The highest BCUT2D eigenvalue weighted by atomic mass is 16.7. The maximum absolute atomic E-state index is 12.1. The van der Waals surface area contributed by atoms with Gasteiger partial charge in [0.15, 0.2) is 24.6 Å². The minimum absolute atomic E-state index is 0.560. The maximum Gasteiger partial charge on any atom is 0.304 e. The van der Waals surface area contributed by atoms with Crippen LogP contribution >= 0.6 is 0 Å². The molecule has 1 aliphatic heterocycles. The molecular weight excluding hydrogens is 488 g/mol. The Labute approximate surface area is 219 Å². The summed E-state index contributed by atoms with van der Waals surface area (Å²) in [6, 6.07) is 10.2. The molecular formula is C29H31N2O7+. The van der Waals surface area contributed by atoms with Crippen molar-refractivity contribution in [2.75, 3.05) is 0 Å². The van der Waals surface area contributed by atoms with Gasteiger partial charge in [0.25, 0.3) is 0 Å². The van der Waals surface area contributed by atoms with Gasteiger partial charge in [0, 0.05) is 48.5 Å². The highest BCUT2D eigenvalue weighted by molar-refractivity contribution is 6.16. The number of ether oxygens (including phenoxy) is 4. The first-order chi connectivity index (χ1) is 18.1. The van der Waals surface area contributed by atoms with E-state index in [9.17, 15) is 14.4 Å². The molecule has 4 aromatic rings. The van der Waals surface area contributed by atoms with Gasteiger partial charge in [-0.1, -0.05) is 18.2 Å². The summed E-state index contributed by atoms with van der Waals surface area (Å²) in [7, 11) is 0. The lowest BCUT2D eigenvalue weighted by Crippen LogP contribution is -2.64. The molecule has 1 N–H and O–H groups in total. The summed E-state index contributed by atoms with van der Waals surface area (Å²) in [5.74, 6) is -1.73. The van der Waals surface area contributed by atoms with Gasteiger partial charge in [-0.15, -0.1) is 0 Å². The van der Waals surface area contributed by atoms with Crippen LogP contribution in [0.3, 0.4) is 0 Å². The van der Waals surface area contributed by atoms with Crippen molar-refractivity contribution in [1.82, 2.24) is 4.98 Å². The van der Waals surface area contributed by atoms with Crippen LogP contribution in [0, 0.1) is 13.8 Å². The summed E-state index contributed by atoms with van der Waals surface area (Å²) in [6.45, 7) is 9.69. The topological polar surface area (TPSA) is 108 Å². The minimum atomic E-state index is -1.06. The smallest absolute Gasteiger partial charge is 0.304 e. The first kappa shape index (κ1) is 25.7. The Hall–Kier alpha value is -3.98. The zero-order chi connectivity index (χ0) is 27.3. The summed E-state index contributed by atoms with van der Waals surface area (Å²) < 4.78 is 24.8. The number of benzene rings is 2. The van der Waals surface area contributed by atoms with Crippen LogP contribution in [-0.4, -0.2) is 47.3 Å². The second kappa shape index (κ2) is 9.72. The predicted octanol–water partition coefficient (Wildman–Crippen LogP) is 4.09. The van der Waals surface area contributed by atoms with E-state index in [1.165, 1.54) is 20.8 Å². The van der Waals surface area contributed by atoms with Crippen molar-refractivity contribution in [3.05, 3.63) is 53.9 Å². The first-order valence-corrected chi connectivity index (χ1v) is 12.6. The molecule has 198 valence electrons. The number of para-hydroxylation sites is 1. The number of carbonyl (C=O) groups excluding carboxylic acids is 3. The van der Waals surface area contributed by atoms with E-state index in [-0.39, 0.29) is 0 Å². The van der Waals surface area contributed by atoms with E-state index < -0.39 is 48.6 Å². The standard InChI is InChI=1S/C29H30N2O7/c1-14-22-13-31(12-11-20(22)15(2)25-24(14)21-9-7-8-10-23(21)30-25)29-28(38-19(6)34)27(37-18(5)33)26(16(3)35-29)36-17(4)32/h7-13,16,26-29H,1-6H3/p+1/t16-,26+,27+,28-,29-/m1/s1. The van der Waals surface area contributed by atoms with Gasteiger partial charge >= 0.3 is 24.1 Å². The number of nitrogens with zero attached hydrogens (tertiary/aromatic N) is 1. The molecule has 5 rings (SSSR count). The summed E-state index contributed by atoms with van der Waals surface area (Å²) >= 11 is 0. The van der Waals surface area contributed by atoms with Gasteiger partial charge in [0.05, 0.1) is 5.52 Å². The van der Waals surface area contributed by atoms with Crippen LogP contribution in [0.2, 0.25) is 0 Å². The van der Waals surface area contributed by atoms with Gasteiger partial charge in [-0.3, -0.25) is 14.4 Å². The number of pyridine rings is 1. The fourth-order valence-corrected chi connectivity index (χ4v) is 5.61. The average Bonchev–Trinajstić information content (AvgIpc) is 3.25. The molecule has 1 aliphatic rings. The van der Waals surface area contributed by atoms with Crippen molar-refractivity contribution in [1.29, 1.82) is 0 Å². The lowest BCUT2D eigenvalue weighted by atomic mass is 9.95. The van der Waals surface area contributed by atoms with Crippen molar-refractivity contribution in [2.45, 2.75) is 72.2 Å². The van der Waals surface area contributed by atoms with E-state index in [2.05, 4.69) is 31.0 Å². The van der Waals surface area contributed by atoms with Gasteiger partial charge in [0.2, 0.25) is 6.10 Å². The number of hydrogen-bond acceptors (Lipinski definition) is 7. The van der Waals surface area contributed by atoms with Crippen LogP contribution < -0.4 is 4.57 Å². The van der Waals surface area contributed by atoms with Gasteiger partial charge in [-0.25, -0.2) is 0 Å². The molecule has 0 spiro atoms. The molecule has 0 amide bonds. The van der Waals surface area contributed by atoms with Crippen LogP contribution in [0.5, 0.6) is 0 Å². The van der Waals surface area contributed by atoms with E-state index in [1.54, 1.807) is 6.92 Å². The summed E-state index contributed by atoms with van der Waals surface area (Å²) in [4.78, 5) is 39.6. The van der Waals surface area contributed by atoms with Gasteiger partial charge < -0.3 is 23.9 Å². The SMILES string of the molecule is CC(=O)O[C@@H]1[C@@H](OC(C)=O)[C@H]([n+]2ccc3c(C)c4[nH]c5ccccc5c4c(C)c3c2)O[C@H](C)[C@@H]1OC(C)=O. The lowest BCUT2D eigenvalue weighted by molar-refractivity contribution is -0.776. The molecule has 1 fully saturated rings. The number of H-pyrrole nitrogens is 1. The fraction of sp³-hybridized carbons (Fsp3) is 0.379. The van der Waals surface area contributed by atoms with Crippen molar-refractivity contribution < 1.29 is 37.9 Å². The zero-order valence-corrected chi connectivity index (χ0v) is 22.2. The average molecular weight is 520 g/mol. The highest BCUT2D eigenvalue weighted by Crippen LogP contribution is 2.37. The van der Waals surface area contributed by atoms with E-state index in [4.69, 9.17) is 18.9 Å². The second-order valence-corrected chi connectivity index (χ2v) is 9.84. The minimum Gasteiger partial charge on any atom is -0.456 e. The van der Waals surface area contributed by atoms with Crippen LogP contribution in [0.4, 0.5) is 0 Å². The van der Waals surface area contributed by atoms with Crippen molar-refractivity contribution in [3.63, 3.8) is 0 Å². The van der Waals surface area contributed by atoms with E-state index in [0.717, 1.165) is 43.7 Å². The molecule has 0 bridgehead atoms. The third kappa shape index (κ3) is 4.36. The summed E-state index contributed by atoms with van der Waals surface area (Å²) in [6.07, 6.45) is -0.741. The lowest BCUT2D eigenvalue weighted by Gasteiger charge is -2.41. The Balaban J connectivity index is 1.67. The number of aromatic amines is 1. The zero-order valence-electron chi connectivity index (χ0n) is 22.2. The van der Waals surface area contributed by atoms with E-state index >= 15 is 0 Å². The molecule has 0 aliphatic carbocycles. The van der Waals surface area contributed by atoms with Crippen LogP contribution in [0.25, 0.3) is 32.6 Å². The fourth-order valence-electron chi connectivity index (χ4n) is 5.61. The predicted molar refractivity (Wildman–Crippen MR) is 139 cm³/mol. The van der Waals surface area contributed by atoms with Crippen molar-refractivity contribution in [2.24, 2.45) is 0 Å². The number of nitrogens with one attached hydrogen (secondary N) is 1. The normalized spacial score (nSPS) is 23.5. The molecule has 5 atom stereocenters. The van der Waals surface area contributed by atoms with Crippen LogP contribution in [-0.2, 0) is 33.3 Å². The van der Waals surface area contributed by atoms with Crippen LogP contribution in [0.1, 0.15) is 45.0 Å². The Bertz CT molecular complexity index is 1590. The number of fused-ring (bicyclic) bond motifs is 4. The van der Waals surface area contributed by atoms with Crippen molar-refractivity contribution >= 4 is 50.5 Å². The monoisotopic (exact) mass is 519 g/mol. The molecule has 2 aromatic heterocycles. The molecule has 0 radical (unpaired) electrons. The van der Waals surface area contributed by atoms with Crippen molar-refractivity contribution in [3.8, 4) is 0 Å². The summed E-state index contributed by atoms with van der Waals surface area (Å²) in [5, 5.41) is 4.36. The number of rotatable bonds is 4. The first-order valence-electron chi connectivity index (χ1n) is 12.6. The number of hydrogen-bond donors (Lipinski definition) is 1. The molecule has 9 nitrogen and oxygen atoms in total. The molecule has 38 heavy (non-hydrogen) atoms. The highest BCUT2D eigenvalue weighted by Gasteiger charge is 2.54. The number of aromatic nitrogens is 2. The molecule has 2 aromatic carbocycles. The third-order valence-corrected chi connectivity index (χ3v) is 7.19. The number of aryl methyl sites for hydroxylation is 2. The van der Waals surface area contributed by atoms with E-state index in [1.807, 2.05) is 35.2 Å². The number of esters is 3. The Morgan fingerprint density at radius 2 is 1.45 bits per heavy atom. The Morgan fingerprint density at radius 1 is 0.816 bits per heavy atom. The Morgan fingerprint density at radius 3 is 2.13 bits per heavy atom. The quantitative estimate of drug-likeness (QED) is 0.246. The summed E-state index contributed by atoms with van der Waals surface area (Å²) in [5.41, 5.74) is 4.37. The maximum atomic E-state index is 12.1. The Kier molecular flexibility index (Phi) is 6.56. The van der Waals surface area contributed by atoms with E-state index in [0.29, 0.717) is 0 Å². The largest absolute Gasteiger partial charge is 0.456 e. The number of carbonyl (C=O) groups is 3. The van der Waals surface area contributed by atoms with Crippen LogP contribution in [0.15, 0.2) is 42.7 Å². The molecule has 1 saturated heterocycles.